The summed E-state index contributed by atoms with van der Waals surface area (Å²) in [5, 5.41) is 9.37. The molecule has 51 valence electrons. The van der Waals surface area contributed by atoms with Crippen LogP contribution in [0.1, 0.15) is 26.2 Å². The average Bonchev–Trinajstić information content (AvgIpc) is 2.22. The highest BCUT2D eigenvalue weighted by molar-refractivity contribution is 5.09. The Labute approximate surface area is 56.1 Å². The van der Waals surface area contributed by atoms with Gasteiger partial charge < -0.3 is 5.11 Å². The maximum Gasteiger partial charge on any atom is 0.0576 e. The van der Waals surface area contributed by atoms with Crippen LogP contribution >= 0.6 is 0 Å². The summed E-state index contributed by atoms with van der Waals surface area (Å²) in [7, 11) is 0. The van der Waals surface area contributed by atoms with E-state index in [0.717, 1.165) is 12.3 Å². The molecule has 0 amide bonds. The van der Waals surface area contributed by atoms with Gasteiger partial charge in [-0.05, 0) is 37.0 Å². The summed E-state index contributed by atoms with van der Waals surface area (Å²) in [4.78, 5) is 0. The van der Waals surface area contributed by atoms with Crippen LogP contribution in [0.3, 0.4) is 0 Å². The maximum absolute atomic E-state index is 9.37. The SMILES string of the molecule is C[C]1CC2CC(O)C1C2. The molecule has 3 atom stereocenters. The van der Waals surface area contributed by atoms with E-state index < -0.39 is 0 Å². The molecule has 0 saturated heterocycles. The molecule has 2 fully saturated rings. The molecule has 0 spiro atoms. The van der Waals surface area contributed by atoms with Gasteiger partial charge in [0, 0.05) is 0 Å². The minimum absolute atomic E-state index is 0.0174. The summed E-state index contributed by atoms with van der Waals surface area (Å²) < 4.78 is 0. The van der Waals surface area contributed by atoms with Crippen molar-refractivity contribution >= 4 is 0 Å². The maximum atomic E-state index is 9.37. The molecule has 1 heteroatoms. The number of aliphatic hydroxyl groups is 1. The van der Waals surface area contributed by atoms with Crippen LogP contribution in [0.5, 0.6) is 0 Å². The second-order valence-corrected chi connectivity index (χ2v) is 3.56. The van der Waals surface area contributed by atoms with Crippen LogP contribution in [0.4, 0.5) is 0 Å². The normalized spacial score (nSPS) is 50.7. The molecule has 2 rings (SSSR count). The number of hydrogen-bond donors (Lipinski definition) is 1. The first-order chi connectivity index (χ1) is 4.27. The average molecular weight is 125 g/mol. The van der Waals surface area contributed by atoms with Gasteiger partial charge in [0.15, 0.2) is 0 Å². The second-order valence-electron chi connectivity index (χ2n) is 3.56. The van der Waals surface area contributed by atoms with Crippen molar-refractivity contribution in [3.8, 4) is 0 Å². The standard InChI is InChI=1S/C8H13O/c1-5-2-6-3-7(5)8(9)4-6/h6-9H,2-4H2,1H3. The van der Waals surface area contributed by atoms with Crippen molar-refractivity contribution in [2.24, 2.45) is 11.8 Å². The van der Waals surface area contributed by atoms with Gasteiger partial charge in [0.05, 0.1) is 6.10 Å². The van der Waals surface area contributed by atoms with Crippen molar-refractivity contribution < 1.29 is 5.11 Å². The lowest BCUT2D eigenvalue weighted by Gasteiger charge is -2.21. The van der Waals surface area contributed by atoms with Gasteiger partial charge in [0.25, 0.3) is 0 Å². The van der Waals surface area contributed by atoms with Crippen molar-refractivity contribution in [2.45, 2.75) is 32.3 Å². The fraction of sp³-hybridized carbons (Fsp3) is 0.875. The van der Waals surface area contributed by atoms with Crippen molar-refractivity contribution in [1.29, 1.82) is 0 Å². The molecule has 0 heterocycles. The molecule has 9 heavy (non-hydrogen) atoms. The Hall–Kier alpha value is -0.0400. The van der Waals surface area contributed by atoms with Crippen LogP contribution in [-0.2, 0) is 0 Å². The predicted molar refractivity (Wildman–Crippen MR) is 35.8 cm³/mol. The van der Waals surface area contributed by atoms with E-state index in [1.54, 1.807) is 5.92 Å². The largest absolute Gasteiger partial charge is 0.393 e. The smallest absolute Gasteiger partial charge is 0.0576 e. The summed E-state index contributed by atoms with van der Waals surface area (Å²) in [5.41, 5.74) is 0. The van der Waals surface area contributed by atoms with Gasteiger partial charge in [-0.3, -0.25) is 0 Å². The molecular formula is C8H13O. The minimum atomic E-state index is 0.0174. The Morgan fingerprint density at radius 3 is 2.56 bits per heavy atom. The van der Waals surface area contributed by atoms with Crippen LogP contribution in [0.15, 0.2) is 0 Å². The third-order valence-corrected chi connectivity index (χ3v) is 2.87. The Bertz CT molecular complexity index is 110. The number of aliphatic hydroxyl groups excluding tert-OH is 1. The third kappa shape index (κ3) is 0.710. The van der Waals surface area contributed by atoms with Gasteiger partial charge in [-0.1, -0.05) is 6.92 Å². The van der Waals surface area contributed by atoms with Gasteiger partial charge in [0.2, 0.25) is 0 Å². The number of rotatable bonds is 0. The Balaban J connectivity index is 2.13. The van der Waals surface area contributed by atoms with Crippen LogP contribution in [0, 0.1) is 17.8 Å². The molecule has 1 radical (unpaired) electrons. The first-order valence-corrected chi connectivity index (χ1v) is 3.78. The molecule has 2 aliphatic carbocycles. The van der Waals surface area contributed by atoms with Crippen molar-refractivity contribution in [3.05, 3.63) is 5.92 Å². The molecular weight excluding hydrogens is 112 g/mol. The van der Waals surface area contributed by atoms with Gasteiger partial charge in [-0.25, -0.2) is 0 Å². The molecule has 0 aliphatic heterocycles. The summed E-state index contributed by atoms with van der Waals surface area (Å²) in [6.07, 6.45) is 3.65. The van der Waals surface area contributed by atoms with Gasteiger partial charge in [0.1, 0.15) is 0 Å². The monoisotopic (exact) mass is 125 g/mol. The van der Waals surface area contributed by atoms with Crippen LogP contribution < -0.4 is 0 Å². The lowest BCUT2D eigenvalue weighted by Crippen LogP contribution is -2.20. The molecule has 1 N–H and O–H groups in total. The summed E-state index contributed by atoms with van der Waals surface area (Å²) in [6, 6.07) is 0. The molecule has 3 unspecified atom stereocenters. The summed E-state index contributed by atoms with van der Waals surface area (Å²) in [5.74, 6) is 2.96. The highest BCUT2D eigenvalue weighted by Crippen LogP contribution is 2.49. The van der Waals surface area contributed by atoms with Crippen LogP contribution in [0.2, 0.25) is 0 Å². The zero-order chi connectivity index (χ0) is 6.43. The Kier molecular flexibility index (Phi) is 1.10. The van der Waals surface area contributed by atoms with E-state index in [9.17, 15) is 5.11 Å². The third-order valence-electron chi connectivity index (χ3n) is 2.87. The highest BCUT2D eigenvalue weighted by atomic mass is 16.3. The van der Waals surface area contributed by atoms with Crippen LogP contribution in [0.25, 0.3) is 0 Å². The molecule has 0 aromatic rings. The molecule has 0 aromatic carbocycles. The fourth-order valence-corrected chi connectivity index (χ4v) is 2.42. The molecule has 1 nitrogen and oxygen atoms in total. The quantitative estimate of drug-likeness (QED) is 0.518. The van der Waals surface area contributed by atoms with E-state index in [0.29, 0.717) is 5.92 Å². The number of hydrogen-bond acceptors (Lipinski definition) is 1. The first kappa shape index (κ1) is 5.72. The summed E-state index contributed by atoms with van der Waals surface area (Å²) >= 11 is 0. The molecule has 2 saturated carbocycles. The van der Waals surface area contributed by atoms with Crippen molar-refractivity contribution in [2.75, 3.05) is 0 Å². The lowest BCUT2D eigenvalue weighted by molar-refractivity contribution is 0.124. The lowest BCUT2D eigenvalue weighted by atomic mass is 9.88. The van der Waals surface area contributed by atoms with E-state index in [1.165, 1.54) is 12.8 Å². The van der Waals surface area contributed by atoms with Gasteiger partial charge in [-0.2, -0.15) is 0 Å². The second kappa shape index (κ2) is 1.72. The Morgan fingerprint density at radius 2 is 2.22 bits per heavy atom. The van der Waals surface area contributed by atoms with Gasteiger partial charge in [-0.15, -0.1) is 0 Å². The van der Waals surface area contributed by atoms with E-state index in [1.807, 2.05) is 0 Å². The topological polar surface area (TPSA) is 20.2 Å². The van der Waals surface area contributed by atoms with E-state index in [4.69, 9.17) is 0 Å². The fourth-order valence-electron chi connectivity index (χ4n) is 2.42. The minimum Gasteiger partial charge on any atom is -0.393 e. The summed E-state index contributed by atoms with van der Waals surface area (Å²) in [6.45, 7) is 2.19. The first-order valence-electron chi connectivity index (χ1n) is 3.78. The predicted octanol–water partition coefficient (Wildman–Crippen LogP) is 1.37. The zero-order valence-electron chi connectivity index (χ0n) is 5.80. The van der Waals surface area contributed by atoms with E-state index in [-0.39, 0.29) is 6.10 Å². The van der Waals surface area contributed by atoms with E-state index >= 15 is 0 Å². The zero-order valence-corrected chi connectivity index (χ0v) is 5.80. The Morgan fingerprint density at radius 1 is 1.44 bits per heavy atom. The molecule has 2 bridgehead atoms. The highest BCUT2D eigenvalue weighted by Gasteiger charge is 2.43. The van der Waals surface area contributed by atoms with Crippen molar-refractivity contribution in [3.63, 3.8) is 0 Å². The van der Waals surface area contributed by atoms with Crippen molar-refractivity contribution in [1.82, 2.24) is 0 Å². The van der Waals surface area contributed by atoms with Gasteiger partial charge >= 0.3 is 0 Å². The molecule has 2 aliphatic rings. The molecule has 0 aromatic heterocycles. The number of fused-ring (bicyclic) bond motifs is 2. The van der Waals surface area contributed by atoms with E-state index in [2.05, 4.69) is 6.92 Å². The van der Waals surface area contributed by atoms with Crippen LogP contribution in [-0.4, -0.2) is 11.2 Å².